The summed E-state index contributed by atoms with van der Waals surface area (Å²) in [7, 11) is 0. The molecule has 2 rings (SSSR count). The smallest absolute Gasteiger partial charge is 0.0445 e. The van der Waals surface area contributed by atoms with Crippen LogP contribution in [0.2, 0.25) is 0 Å². The van der Waals surface area contributed by atoms with E-state index in [-0.39, 0.29) is 0 Å². The quantitative estimate of drug-likeness (QED) is 0.818. The Balaban J connectivity index is 1.97. The van der Waals surface area contributed by atoms with Crippen LogP contribution in [0.3, 0.4) is 0 Å². The van der Waals surface area contributed by atoms with Gasteiger partial charge in [0.25, 0.3) is 0 Å². The summed E-state index contributed by atoms with van der Waals surface area (Å²) < 4.78 is 0. The Kier molecular flexibility index (Phi) is 4.87. The zero-order valence-corrected chi connectivity index (χ0v) is 11.6. The minimum atomic E-state index is 0.360. The van der Waals surface area contributed by atoms with Gasteiger partial charge < -0.3 is 5.11 Å². The molecular formula is C15H29NO. The molecule has 0 radical (unpaired) electrons. The van der Waals surface area contributed by atoms with Crippen molar-refractivity contribution in [3.05, 3.63) is 0 Å². The van der Waals surface area contributed by atoms with Crippen molar-refractivity contribution >= 4 is 0 Å². The van der Waals surface area contributed by atoms with Crippen LogP contribution >= 0.6 is 0 Å². The number of likely N-dealkylation sites (tertiary alicyclic amines) is 1. The maximum atomic E-state index is 9.21. The van der Waals surface area contributed by atoms with E-state index in [1.54, 1.807) is 0 Å². The van der Waals surface area contributed by atoms with E-state index in [0.29, 0.717) is 12.6 Å². The number of aliphatic hydroxyl groups excluding tert-OH is 1. The Bertz CT molecular complexity index is 219. The molecule has 2 fully saturated rings. The summed E-state index contributed by atoms with van der Waals surface area (Å²) in [5, 5.41) is 9.21. The van der Waals surface area contributed by atoms with Crippen molar-refractivity contribution in [3.8, 4) is 0 Å². The van der Waals surface area contributed by atoms with Gasteiger partial charge in [0.2, 0.25) is 0 Å². The third-order valence-corrected chi connectivity index (χ3v) is 4.76. The van der Waals surface area contributed by atoms with Crippen LogP contribution in [0.15, 0.2) is 0 Å². The van der Waals surface area contributed by atoms with E-state index in [9.17, 15) is 5.11 Å². The van der Waals surface area contributed by atoms with Crippen molar-refractivity contribution in [3.63, 3.8) is 0 Å². The van der Waals surface area contributed by atoms with Gasteiger partial charge in [-0.2, -0.15) is 0 Å². The molecule has 100 valence electrons. The topological polar surface area (TPSA) is 23.5 Å². The predicted octanol–water partition coefficient (Wildman–Crippen LogP) is 3.05. The van der Waals surface area contributed by atoms with Crippen LogP contribution in [0.5, 0.6) is 0 Å². The molecule has 3 unspecified atom stereocenters. The summed E-state index contributed by atoms with van der Waals surface area (Å²) in [6.07, 6.45) is 9.19. The summed E-state index contributed by atoms with van der Waals surface area (Å²) in [6.45, 7) is 6.45. The summed E-state index contributed by atoms with van der Waals surface area (Å²) in [4.78, 5) is 2.74. The number of nitrogens with zero attached hydrogens (tertiary/aromatic N) is 1. The maximum absolute atomic E-state index is 9.21. The molecule has 1 saturated carbocycles. The Labute approximate surface area is 106 Å². The molecule has 1 aliphatic heterocycles. The van der Waals surface area contributed by atoms with Gasteiger partial charge in [-0.3, -0.25) is 4.90 Å². The van der Waals surface area contributed by atoms with Gasteiger partial charge in [0.15, 0.2) is 0 Å². The molecule has 1 N–H and O–H groups in total. The van der Waals surface area contributed by atoms with Crippen molar-refractivity contribution in [1.82, 2.24) is 4.90 Å². The van der Waals surface area contributed by atoms with E-state index in [1.807, 2.05) is 0 Å². The fourth-order valence-electron chi connectivity index (χ4n) is 4.14. The van der Waals surface area contributed by atoms with Crippen LogP contribution in [-0.4, -0.2) is 35.2 Å². The van der Waals surface area contributed by atoms with Crippen molar-refractivity contribution < 1.29 is 5.11 Å². The van der Waals surface area contributed by atoms with E-state index in [0.717, 1.165) is 24.3 Å². The normalized spacial score (nSPS) is 40.4. The molecule has 0 aromatic carbocycles. The first-order valence-electron chi connectivity index (χ1n) is 7.57. The molecule has 1 aliphatic carbocycles. The number of hydrogen-bond acceptors (Lipinski definition) is 2. The summed E-state index contributed by atoms with van der Waals surface area (Å²) in [5.74, 6) is 1.78. The summed E-state index contributed by atoms with van der Waals surface area (Å²) >= 11 is 0. The maximum Gasteiger partial charge on any atom is 0.0445 e. The second-order valence-corrected chi connectivity index (χ2v) is 6.47. The van der Waals surface area contributed by atoms with E-state index in [1.165, 1.54) is 45.1 Å². The Morgan fingerprint density at radius 1 is 1.06 bits per heavy atom. The first-order valence-corrected chi connectivity index (χ1v) is 7.57. The number of aliphatic hydroxyl groups is 1. The van der Waals surface area contributed by atoms with Gasteiger partial charge in [0.1, 0.15) is 0 Å². The molecule has 0 spiro atoms. The lowest BCUT2D eigenvalue weighted by Crippen LogP contribution is -2.49. The molecule has 0 aromatic rings. The second kappa shape index (κ2) is 6.19. The average Bonchev–Trinajstić information content (AvgIpc) is 2.29. The van der Waals surface area contributed by atoms with Crippen molar-refractivity contribution in [2.24, 2.45) is 11.8 Å². The SMILES string of the molecule is CC1CC(C)CC(N2CCCCC2CCO)C1. The largest absolute Gasteiger partial charge is 0.396 e. The van der Waals surface area contributed by atoms with Crippen molar-refractivity contribution in [1.29, 1.82) is 0 Å². The van der Waals surface area contributed by atoms with Gasteiger partial charge in [0, 0.05) is 18.7 Å². The molecule has 0 aromatic heterocycles. The number of hydrogen-bond donors (Lipinski definition) is 1. The van der Waals surface area contributed by atoms with Crippen LogP contribution < -0.4 is 0 Å². The highest BCUT2D eigenvalue weighted by Crippen LogP contribution is 2.34. The van der Waals surface area contributed by atoms with Crippen LogP contribution in [-0.2, 0) is 0 Å². The van der Waals surface area contributed by atoms with E-state index >= 15 is 0 Å². The Morgan fingerprint density at radius 3 is 2.41 bits per heavy atom. The summed E-state index contributed by atoms with van der Waals surface area (Å²) in [5.41, 5.74) is 0. The van der Waals surface area contributed by atoms with E-state index in [2.05, 4.69) is 18.7 Å². The third-order valence-electron chi connectivity index (χ3n) is 4.76. The summed E-state index contributed by atoms with van der Waals surface area (Å²) in [6, 6.07) is 1.46. The van der Waals surface area contributed by atoms with E-state index < -0.39 is 0 Å². The Hall–Kier alpha value is -0.0800. The molecule has 2 aliphatic rings. The first kappa shape index (κ1) is 13.4. The monoisotopic (exact) mass is 239 g/mol. The minimum Gasteiger partial charge on any atom is -0.396 e. The molecule has 2 nitrogen and oxygen atoms in total. The van der Waals surface area contributed by atoms with Crippen LogP contribution in [0.1, 0.15) is 58.8 Å². The van der Waals surface area contributed by atoms with Gasteiger partial charge >= 0.3 is 0 Å². The van der Waals surface area contributed by atoms with Gasteiger partial charge in [-0.15, -0.1) is 0 Å². The average molecular weight is 239 g/mol. The molecule has 17 heavy (non-hydrogen) atoms. The highest BCUT2D eigenvalue weighted by atomic mass is 16.3. The highest BCUT2D eigenvalue weighted by Gasteiger charge is 2.33. The van der Waals surface area contributed by atoms with Gasteiger partial charge in [-0.05, 0) is 56.9 Å². The standard InChI is InChI=1S/C15H29NO/c1-12-9-13(2)11-15(10-12)16-7-4-3-5-14(16)6-8-17/h12-15,17H,3-11H2,1-2H3. The lowest BCUT2D eigenvalue weighted by molar-refractivity contribution is 0.0356. The predicted molar refractivity (Wildman–Crippen MR) is 72.0 cm³/mol. The minimum absolute atomic E-state index is 0.360. The molecular weight excluding hydrogens is 210 g/mol. The Morgan fingerprint density at radius 2 is 1.76 bits per heavy atom. The van der Waals surface area contributed by atoms with Gasteiger partial charge in [-0.25, -0.2) is 0 Å². The molecule has 1 heterocycles. The number of rotatable bonds is 3. The van der Waals surface area contributed by atoms with Crippen molar-refractivity contribution in [2.75, 3.05) is 13.2 Å². The van der Waals surface area contributed by atoms with Crippen molar-refractivity contribution in [2.45, 2.75) is 70.9 Å². The molecule has 1 saturated heterocycles. The van der Waals surface area contributed by atoms with Crippen LogP contribution in [0, 0.1) is 11.8 Å². The van der Waals surface area contributed by atoms with E-state index in [4.69, 9.17) is 0 Å². The first-order chi connectivity index (χ1) is 8.20. The zero-order valence-electron chi connectivity index (χ0n) is 11.6. The molecule has 0 bridgehead atoms. The van der Waals surface area contributed by atoms with Crippen LogP contribution in [0.4, 0.5) is 0 Å². The fourth-order valence-corrected chi connectivity index (χ4v) is 4.14. The molecule has 0 amide bonds. The second-order valence-electron chi connectivity index (χ2n) is 6.47. The third kappa shape index (κ3) is 3.45. The zero-order chi connectivity index (χ0) is 12.3. The van der Waals surface area contributed by atoms with Gasteiger partial charge in [0.05, 0.1) is 0 Å². The lowest BCUT2D eigenvalue weighted by atomic mass is 9.78. The van der Waals surface area contributed by atoms with Gasteiger partial charge in [-0.1, -0.05) is 20.3 Å². The number of piperidine rings is 1. The molecule has 3 atom stereocenters. The lowest BCUT2D eigenvalue weighted by Gasteiger charge is -2.45. The fraction of sp³-hybridized carbons (Fsp3) is 1.00. The molecule has 2 heteroatoms. The highest BCUT2D eigenvalue weighted by molar-refractivity contribution is 4.87. The van der Waals surface area contributed by atoms with Crippen LogP contribution in [0.25, 0.3) is 0 Å².